The molecule has 1 aliphatic heterocycles. The first kappa shape index (κ1) is 27.1. The van der Waals surface area contributed by atoms with Crippen LogP contribution in [-0.4, -0.2) is 45.6 Å². The fourth-order valence-electron chi connectivity index (χ4n) is 3.58. The fraction of sp³-hybridized carbons (Fsp3) is 0.125. The maximum absolute atomic E-state index is 12.7. The third kappa shape index (κ3) is 6.13. The van der Waals surface area contributed by atoms with Crippen LogP contribution in [0.4, 0.5) is 11.4 Å². The van der Waals surface area contributed by atoms with Gasteiger partial charge in [-0.1, -0.05) is 12.1 Å². The van der Waals surface area contributed by atoms with Crippen molar-refractivity contribution < 1.29 is 28.6 Å². The first-order valence-corrected chi connectivity index (χ1v) is 11.5. The molecule has 0 saturated carbocycles. The minimum absolute atomic E-state index is 0.0151. The quantitative estimate of drug-likeness (QED) is 0.134. The molecular formula is C24H24N10O6. The highest BCUT2D eigenvalue weighted by Gasteiger charge is 2.33. The van der Waals surface area contributed by atoms with Crippen LogP contribution in [0.25, 0.3) is 0 Å². The number of para-hydroxylation sites is 2. The molecule has 1 aliphatic rings. The number of nitrogens with one attached hydrogen (secondary N) is 2. The van der Waals surface area contributed by atoms with E-state index in [2.05, 4.69) is 20.3 Å². The average Bonchev–Trinajstić information content (AvgIpc) is 2.88. The Kier molecular flexibility index (Phi) is 7.60. The molecule has 1 atom stereocenters. The summed E-state index contributed by atoms with van der Waals surface area (Å²) in [6, 6.07) is 10.2. The van der Waals surface area contributed by atoms with Crippen LogP contribution in [0, 0.1) is 5.41 Å². The first-order valence-electron chi connectivity index (χ1n) is 11.5. The van der Waals surface area contributed by atoms with Gasteiger partial charge in [-0.05, 0) is 30.3 Å². The summed E-state index contributed by atoms with van der Waals surface area (Å²) in [5.74, 6) is -2.80. The van der Waals surface area contributed by atoms with Gasteiger partial charge in [0.1, 0.15) is 17.3 Å². The summed E-state index contributed by atoms with van der Waals surface area (Å²) in [4.78, 5) is 48.4. The number of ether oxygens (including phenoxy) is 3. The number of nitrogens with two attached hydrogens (primary N) is 5. The Morgan fingerprint density at radius 2 is 1.77 bits per heavy atom. The molecule has 0 aliphatic carbocycles. The zero-order chi connectivity index (χ0) is 29.0. The summed E-state index contributed by atoms with van der Waals surface area (Å²) in [6.07, 6.45) is -1.23. The maximum atomic E-state index is 12.7. The molecule has 0 fully saturated rings. The van der Waals surface area contributed by atoms with Crippen molar-refractivity contribution in [3.8, 4) is 29.3 Å². The van der Waals surface area contributed by atoms with Crippen LogP contribution in [0.15, 0.2) is 47.5 Å². The summed E-state index contributed by atoms with van der Waals surface area (Å²) >= 11 is 0. The number of guanidine groups is 1. The third-order valence-corrected chi connectivity index (χ3v) is 5.35. The largest absolute Gasteiger partial charge is 0.462 e. The van der Waals surface area contributed by atoms with Gasteiger partial charge in [0.15, 0.2) is 23.5 Å². The van der Waals surface area contributed by atoms with E-state index in [9.17, 15) is 14.4 Å². The molecule has 0 radical (unpaired) electrons. The number of carbonyl (C=O) groups excluding carboxylic acids is 3. The number of aliphatic imine (C=N–C) groups is 1. The van der Waals surface area contributed by atoms with E-state index in [0.717, 1.165) is 0 Å². The van der Waals surface area contributed by atoms with Gasteiger partial charge in [0, 0.05) is 18.4 Å². The predicted octanol–water partition coefficient (Wildman–Crippen LogP) is 0.314. The molecule has 16 nitrogen and oxygen atoms in total. The number of hydrogen-bond acceptors (Lipinski definition) is 10. The van der Waals surface area contributed by atoms with Gasteiger partial charge in [-0.3, -0.25) is 19.8 Å². The van der Waals surface area contributed by atoms with Gasteiger partial charge in [0.2, 0.25) is 17.7 Å². The molecule has 0 saturated heterocycles. The molecule has 206 valence electrons. The van der Waals surface area contributed by atoms with E-state index in [1.54, 1.807) is 24.3 Å². The lowest BCUT2D eigenvalue weighted by atomic mass is 10.1. The van der Waals surface area contributed by atoms with Gasteiger partial charge in [-0.2, -0.15) is 9.97 Å². The van der Waals surface area contributed by atoms with Crippen molar-refractivity contribution in [2.24, 2.45) is 33.7 Å². The standard InChI is InChI=1S/C24H24N10O6/c25-16(35)8-7-15-20(37)32-17-21(38-10-5-6-11(18(26)27)12(9-10)19(28)36)33-24(34-22(17)39-15)40-14-4-2-1-3-13(14)31-23(29)30/h1-6,9,15H,7-8H2,(H2,25,35)(H3,26,27)(H2,28,36)(H,32,37)(H4,29,30,31). The topological polar surface area (TPSA) is 283 Å². The molecule has 40 heavy (non-hydrogen) atoms. The Balaban J connectivity index is 1.77. The zero-order valence-corrected chi connectivity index (χ0v) is 20.7. The number of aromatic nitrogens is 2. The lowest BCUT2D eigenvalue weighted by Gasteiger charge is -2.26. The molecule has 3 aromatic rings. The predicted molar refractivity (Wildman–Crippen MR) is 142 cm³/mol. The number of anilines is 1. The number of amides is 3. The number of amidine groups is 1. The molecule has 2 heterocycles. The normalized spacial score (nSPS) is 13.7. The van der Waals surface area contributed by atoms with E-state index >= 15 is 0 Å². The van der Waals surface area contributed by atoms with E-state index in [1.165, 1.54) is 18.2 Å². The van der Waals surface area contributed by atoms with Crippen molar-refractivity contribution in [1.29, 1.82) is 5.41 Å². The zero-order valence-electron chi connectivity index (χ0n) is 20.7. The average molecular weight is 549 g/mol. The second-order valence-electron chi connectivity index (χ2n) is 8.29. The fourth-order valence-corrected chi connectivity index (χ4v) is 3.58. The van der Waals surface area contributed by atoms with Crippen LogP contribution in [0.5, 0.6) is 29.3 Å². The minimum atomic E-state index is -1.10. The Hall–Kier alpha value is -5.93. The molecule has 12 N–H and O–H groups in total. The highest BCUT2D eigenvalue weighted by atomic mass is 16.5. The van der Waals surface area contributed by atoms with Crippen molar-refractivity contribution in [3.05, 3.63) is 53.6 Å². The smallest absolute Gasteiger partial charge is 0.328 e. The molecule has 1 aromatic heterocycles. The van der Waals surface area contributed by atoms with Crippen molar-refractivity contribution in [1.82, 2.24) is 9.97 Å². The number of carbonyl (C=O) groups is 3. The van der Waals surface area contributed by atoms with Crippen LogP contribution in [0.3, 0.4) is 0 Å². The number of primary amides is 2. The molecule has 2 aromatic carbocycles. The van der Waals surface area contributed by atoms with Crippen molar-refractivity contribution in [3.63, 3.8) is 0 Å². The summed E-state index contributed by atoms with van der Waals surface area (Å²) in [6.45, 7) is 0. The SMILES string of the molecule is N=C(N)c1ccc(Oc2nc(Oc3ccccc3N=C(N)N)nc3c2NC(=O)C(CCC(N)=O)O3)cc1C(N)=O. The van der Waals surface area contributed by atoms with Crippen molar-refractivity contribution >= 4 is 40.9 Å². The summed E-state index contributed by atoms with van der Waals surface area (Å²) < 4.78 is 17.4. The Morgan fingerprint density at radius 3 is 2.45 bits per heavy atom. The van der Waals surface area contributed by atoms with Crippen LogP contribution in [0.1, 0.15) is 28.8 Å². The Morgan fingerprint density at radius 1 is 1.02 bits per heavy atom. The van der Waals surface area contributed by atoms with Crippen LogP contribution < -0.4 is 48.2 Å². The monoisotopic (exact) mass is 548 g/mol. The molecule has 3 amide bonds. The van der Waals surface area contributed by atoms with E-state index in [1.807, 2.05) is 0 Å². The summed E-state index contributed by atoms with van der Waals surface area (Å²) in [7, 11) is 0. The van der Waals surface area contributed by atoms with Gasteiger partial charge >= 0.3 is 6.01 Å². The molecule has 0 spiro atoms. The van der Waals surface area contributed by atoms with Gasteiger partial charge in [-0.25, -0.2) is 4.99 Å². The van der Waals surface area contributed by atoms with Crippen molar-refractivity contribution in [2.75, 3.05) is 5.32 Å². The number of nitrogens with zero attached hydrogens (tertiary/aromatic N) is 3. The number of benzene rings is 2. The minimum Gasteiger partial charge on any atom is -0.462 e. The highest BCUT2D eigenvalue weighted by molar-refractivity contribution is 6.07. The van der Waals surface area contributed by atoms with E-state index in [-0.39, 0.29) is 76.4 Å². The molecule has 16 heteroatoms. The molecule has 4 rings (SSSR count). The summed E-state index contributed by atoms with van der Waals surface area (Å²) in [5, 5.41) is 10.3. The van der Waals surface area contributed by atoms with Crippen molar-refractivity contribution in [2.45, 2.75) is 18.9 Å². The number of nitrogen functional groups attached to an aromatic ring is 1. The van der Waals surface area contributed by atoms with Gasteiger partial charge in [0.05, 0.1) is 5.56 Å². The highest BCUT2D eigenvalue weighted by Crippen LogP contribution is 2.41. The number of fused-ring (bicyclic) bond motifs is 1. The maximum Gasteiger partial charge on any atom is 0.328 e. The Labute approximate surface area is 226 Å². The third-order valence-electron chi connectivity index (χ3n) is 5.35. The van der Waals surface area contributed by atoms with Gasteiger partial charge in [-0.15, -0.1) is 0 Å². The first-order chi connectivity index (χ1) is 19.0. The Bertz CT molecular complexity index is 1550. The molecular weight excluding hydrogens is 524 g/mol. The van der Waals surface area contributed by atoms with E-state index < -0.39 is 23.8 Å². The summed E-state index contributed by atoms with van der Waals surface area (Å²) in [5.41, 5.74) is 27.4. The van der Waals surface area contributed by atoms with Gasteiger partial charge < -0.3 is 48.2 Å². The molecule has 0 bridgehead atoms. The van der Waals surface area contributed by atoms with Gasteiger partial charge in [0.25, 0.3) is 11.8 Å². The van der Waals surface area contributed by atoms with Crippen LogP contribution in [0.2, 0.25) is 0 Å². The lowest BCUT2D eigenvalue weighted by Crippen LogP contribution is -2.38. The van der Waals surface area contributed by atoms with Crippen LogP contribution >= 0.6 is 0 Å². The number of hydrogen-bond donors (Lipinski definition) is 7. The lowest BCUT2D eigenvalue weighted by molar-refractivity contribution is -0.124. The van der Waals surface area contributed by atoms with Crippen LogP contribution in [-0.2, 0) is 9.59 Å². The molecule has 1 unspecified atom stereocenters. The second-order valence-corrected chi connectivity index (χ2v) is 8.29. The number of rotatable bonds is 10. The van der Waals surface area contributed by atoms with E-state index in [4.69, 9.17) is 48.3 Å². The second kappa shape index (κ2) is 11.2. The van der Waals surface area contributed by atoms with E-state index in [0.29, 0.717) is 0 Å².